The second-order valence-electron chi connectivity index (χ2n) is 6.38. The predicted molar refractivity (Wildman–Crippen MR) is 119 cm³/mol. The predicted octanol–water partition coefficient (Wildman–Crippen LogP) is 3.51. The molecule has 2 aromatic carbocycles. The molecule has 8 heteroatoms. The number of pyridine rings is 1. The summed E-state index contributed by atoms with van der Waals surface area (Å²) in [6.07, 6.45) is 3.40. The Kier molecular flexibility index (Phi) is 7.42. The minimum atomic E-state index is -0.379. The van der Waals surface area contributed by atoms with Crippen LogP contribution in [0.5, 0.6) is 17.2 Å². The van der Waals surface area contributed by atoms with Gasteiger partial charge in [0.25, 0.3) is 5.91 Å². The molecule has 0 bridgehead atoms. The largest absolute Gasteiger partial charge is 0.493 e. The van der Waals surface area contributed by atoms with E-state index in [0.29, 0.717) is 35.3 Å². The van der Waals surface area contributed by atoms with Gasteiger partial charge < -0.3 is 19.5 Å². The molecule has 8 nitrogen and oxygen atoms in total. The van der Waals surface area contributed by atoms with Crippen molar-refractivity contribution in [3.63, 3.8) is 0 Å². The summed E-state index contributed by atoms with van der Waals surface area (Å²) in [6.45, 7) is 0.368. The Morgan fingerprint density at radius 2 is 1.58 bits per heavy atom. The van der Waals surface area contributed by atoms with Gasteiger partial charge in [0.15, 0.2) is 11.5 Å². The Labute approximate surface area is 180 Å². The van der Waals surface area contributed by atoms with Crippen LogP contribution in [0.3, 0.4) is 0 Å². The smallest absolute Gasteiger partial charge is 0.258 e. The van der Waals surface area contributed by atoms with E-state index in [2.05, 4.69) is 20.6 Å². The molecule has 0 atom stereocenters. The number of rotatable bonds is 7. The fourth-order valence-electron chi connectivity index (χ4n) is 2.82. The van der Waals surface area contributed by atoms with E-state index in [1.54, 1.807) is 24.5 Å². The number of hydrogen-bond acceptors (Lipinski definition) is 6. The normalized spacial score (nSPS) is 10.9. The lowest BCUT2D eigenvalue weighted by molar-refractivity contribution is 0.0976. The summed E-state index contributed by atoms with van der Waals surface area (Å²) in [5.41, 5.74) is 2.09. The Balaban J connectivity index is 1.87. The van der Waals surface area contributed by atoms with Crippen LogP contribution in [0.25, 0.3) is 0 Å². The Morgan fingerprint density at radius 1 is 0.935 bits per heavy atom. The standard InChI is InChI=1S/C23H24N4O4/c1-29-19-13-17(14-20(30-2)21(19)31-3)22(28)27-23(26-18-7-5-4-6-8-18)25-15-16-9-11-24-12-10-16/h4-14H,15H2,1-3H3,(H2,25,26,27,28). The van der Waals surface area contributed by atoms with Crippen LogP contribution in [0.1, 0.15) is 15.9 Å². The van der Waals surface area contributed by atoms with Gasteiger partial charge in [0.2, 0.25) is 11.7 Å². The van der Waals surface area contributed by atoms with Crippen molar-refractivity contribution in [3.05, 3.63) is 78.1 Å². The SMILES string of the molecule is COc1cc(C(=O)NC(=NCc2ccncc2)Nc2ccccc2)cc(OC)c1OC. The number of aliphatic imine (C=N–C) groups is 1. The van der Waals surface area contributed by atoms with E-state index >= 15 is 0 Å². The van der Waals surface area contributed by atoms with Gasteiger partial charge in [0.1, 0.15) is 0 Å². The molecule has 2 N–H and O–H groups in total. The van der Waals surface area contributed by atoms with Gasteiger partial charge in [-0.25, -0.2) is 4.99 Å². The highest BCUT2D eigenvalue weighted by Crippen LogP contribution is 2.38. The number of hydrogen-bond donors (Lipinski definition) is 2. The van der Waals surface area contributed by atoms with Crippen molar-refractivity contribution in [1.82, 2.24) is 10.3 Å². The summed E-state index contributed by atoms with van der Waals surface area (Å²) >= 11 is 0. The van der Waals surface area contributed by atoms with Crippen LogP contribution in [0.15, 0.2) is 72.0 Å². The zero-order chi connectivity index (χ0) is 22.1. The van der Waals surface area contributed by atoms with Crippen molar-refractivity contribution in [2.24, 2.45) is 4.99 Å². The van der Waals surface area contributed by atoms with Crippen molar-refractivity contribution in [2.75, 3.05) is 26.6 Å². The molecule has 3 aromatic rings. The quantitative estimate of drug-likeness (QED) is 0.449. The molecule has 0 fully saturated rings. The molecule has 31 heavy (non-hydrogen) atoms. The molecular formula is C23H24N4O4. The average Bonchev–Trinajstić information content (AvgIpc) is 2.82. The second kappa shape index (κ2) is 10.6. The number of methoxy groups -OCH3 is 3. The van der Waals surface area contributed by atoms with Crippen LogP contribution in [0, 0.1) is 0 Å². The van der Waals surface area contributed by atoms with Gasteiger partial charge in [-0.15, -0.1) is 0 Å². The van der Waals surface area contributed by atoms with E-state index in [-0.39, 0.29) is 5.91 Å². The molecular weight excluding hydrogens is 396 g/mol. The maximum absolute atomic E-state index is 13.0. The van der Waals surface area contributed by atoms with Crippen molar-refractivity contribution < 1.29 is 19.0 Å². The third kappa shape index (κ3) is 5.72. The van der Waals surface area contributed by atoms with Crippen LogP contribution in [-0.4, -0.2) is 38.2 Å². The summed E-state index contributed by atoms with van der Waals surface area (Å²) in [4.78, 5) is 21.5. The lowest BCUT2D eigenvalue weighted by Crippen LogP contribution is -2.36. The summed E-state index contributed by atoms with van der Waals surface area (Å²) in [7, 11) is 4.50. The molecule has 3 rings (SSSR count). The van der Waals surface area contributed by atoms with E-state index in [1.165, 1.54) is 21.3 Å². The first-order valence-electron chi connectivity index (χ1n) is 9.51. The molecule has 0 aliphatic heterocycles. The van der Waals surface area contributed by atoms with Crippen LogP contribution < -0.4 is 24.8 Å². The van der Waals surface area contributed by atoms with Gasteiger partial charge in [0, 0.05) is 23.6 Å². The Morgan fingerprint density at radius 3 is 2.16 bits per heavy atom. The van der Waals surface area contributed by atoms with Gasteiger partial charge in [-0.2, -0.15) is 0 Å². The molecule has 0 aliphatic rings. The number of aromatic nitrogens is 1. The topological polar surface area (TPSA) is 94.1 Å². The summed E-state index contributed by atoms with van der Waals surface area (Å²) in [5.74, 6) is 1.12. The summed E-state index contributed by atoms with van der Waals surface area (Å²) in [6, 6.07) is 16.4. The maximum Gasteiger partial charge on any atom is 0.258 e. The molecule has 0 spiro atoms. The highest BCUT2D eigenvalue weighted by molar-refractivity contribution is 6.10. The number of amides is 1. The number of benzene rings is 2. The van der Waals surface area contributed by atoms with E-state index in [1.807, 2.05) is 42.5 Å². The minimum Gasteiger partial charge on any atom is -0.493 e. The molecule has 1 heterocycles. The lowest BCUT2D eigenvalue weighted by Gasteiger charge is -2.15. The molecule has 0 aliphatic carbocycles. The summed E-state index contributed by atoms with van der Waals surface area (Å²) < 4.78 is 16.0. The molecule has 0 unspecified atom stereocenters. The minimum absolute atomic E-state index is 0.307. The zero-order valence-corrected chi connectivity index (χ0v) is 17.6. The molecule has 0 radical (unpaired) electrons. The highest BCUT2D eigenvalue weighted by atomic mass is 16.5. The monoisotopic (exact) mass is 420 g/mol. The lowest BCUT2D eigenvalue weighted by atomic mass is 10.1. The third-order valence-corrected chi connectivity index (χ3v) is 4.36. The van der Waals surface area contributed by atoms with Crippen molar-refractivity contribution in [2.45, 2.75) is 6.54 Å². The van der Waals surface area contributed by atoms with Crippen molar-refractivity contribution in [3.8, 4) is 17.2 Å². The zero-order valence-electron chi connectivity index (χ0n) is 17.6. The Hall–Kier alpha value is -4.07. The van der Waals surface area contributed by atoms with Crippen molar-refractivity contribution >= 4 is 17.6 Å². The number of ether oxygens (including phenoxy) is 3. The van der Waals surface area contributed by atoms with E-state index in [4.69, 9.17) is 14.2 Å². The third-order valence-electron chi connectivity index (χ3n) is 4.36. The first-order valence-corrected chi connectivity index (χ1v) is 9.51. The fraction of sp³-hybridized carbons (Fsp3) is 0.174. The number of carbonyl (C=O) groups is 1. The first-order chi connectivity index (χ1) is 15.1. The van der Waals surface area contributed by atoms with Gasteiger partial charge >= 0.3 is 0 Å². The summed E-state index contributed by atoms with van der Waals surface area (Å²) in [5, 5.41) is 5.97. The highest BCUT2D eigenvalue weighted by Gasteiger charge is 2.18. The van der Waals surface area contributed by atoms with E-state index < -0.39 is 0 Å². The first kappa shape index (κ1) is 21.6. The average molecular weight is 420 g/mol. The van der Waals surface area contributed by atoms with Crippen molar-refractivity contribution in [1.29, 1.82) is 0 Å². The van der Waals surface area contributed by atoms with Gasteiger partial charge in [-0.1, -0.05) is 18.2 Å². The maximum atomic E-state index is 13.0. The van der Waals surface area contributed by atoms with E-state index in [9.17, 15) is 4.79 Å². The van der Waals surface area contributed by atoms with Crippen LogP contribution in [-0.2, 0) is 6.54 Å². The number of guanidine groups is 1. The number of nitrogens with zero attached hydrogens (tertiary/aromatic N) is 2. The Bertz CT molecular complexity index is 1010. The fourth-order valence-corrected chi connectivity index (χ4v) is 2.82. The van der Waals surface area contributed by atoms with Crippen LogP contribution in [0.2, 0.25) is 0 Å². The molecule has 0 saturated heterocycles. The van der Waals surface area contributed by atoms with Gasteiger partial charge in [0.05, 0.1) is 27.9 Å². The molecule has 0 saturated carbocycles. The van der Waals surface area contributed by atoms with Crippen LogP contribution >= 0.6 is 0 Å². The number of nitrogens with one attached hydrogen (secondary N) is 2. The number of carbonyl (C=O) groups excluding carboxylic acids is 1. The molecule has 1 amide bonds. The molecule has 160 valence electrons. The van der Waals surface area contributed by atoms with Gasteiger partial charge in [-0.3, -0.25) is 15.1 Å². The second-order valence-corrected chi connectivity index (χ2v) is 6.38. The van der Waals surface area contributed by atoms with Crippen LogP contribution in [0.4, 0.5) is 5.69 Å². The van der Waals surface area contributed by atoms with Gasteiger partial charge in [-0.05, 0) is 42.0 Å². The van der Waals surface area contributed by atoms with E-state index in [0.717, 1.165) is 11.3 Å². The number of para-hydroxylation sites is 1. The molecule has 1 aromatic heterocycles. The number of anilines is 1.